The van der Waals surface area contributed by atoms with E-state index in [1.807, 2.05) is 19.9 Å². The second-order valence-corrected chi connectivity index (χ2v) is 7.03. The molecule has 1 amide bonds. The monoisotopic (exact) mass is 360 g/mol. The molecular weight excluding hydrogens is 336 g/mol. The molecule has 2 aromatic rings. The summed E-state index contributed by atoms with van der Waals surface area (Å²) in [6.45, 7) is 7.33. The summed E-state index contributed by atoms with van der Waals surface area (Å²) in [4.78, 5) is 28.3. The zero-order valence-corrected chi connectivity index (χ0v) is 15.5. The molecule has 0 saturated carbocycles. The minimum absolute atomic E-state index is 0.0759. The fourth-order valence-corrected chi connectivity index (χ4v) is 3.81. The van der Waals surface area contributed by atoms with Gasteiger partial charge in [0.15, 0.2) is 5.13 Å². The van der Waals surface area contributed by atoms with Crippen molar-refractivity contribution in [1.82, 2.24) is 20.3 Å². The van der Waals surface area contributed by atoms with Crippen LogP contribution in [0.2, 0.25) is 0 Å². The number of thiazole rings is 1. The number of hydrogen-bond acceptors (Lipinski definition) is 7. The van der Waals surface area contributed by atoms with E-state index in [4.69, 9.17) is 0 Å². The molecule has 0 aliphatic carbocycles. The molecule has 3 rings (SSSR count). The van der Waals surface area contributed by atoms with E-state index in [1.165, 1.54) is 24.2 Å². The Kier molecular flexibility index (Phi) is 5.80. The van der Waals surface area contributed by atoms with Gasteiger partial charge in [-0.1, -0.05) is 11.3 Å². The molecule has 1 aliphatic rings. The van der Waals surface area contributed by atoms with E-state index >= 15 is 0 Å². The fraction of sp³-hybridized carbons (Fsp3) is 0.529. The second-order valence-electron chi connectivity index (χ2n) is 6.03. The van der Waals surface area contributed by atoms with E-state index in [0.717, 1.165) is 42.0 Å². The van der Waals surface area contributed by atoms with Gasteiger partial charge in [0.05, 0.1) is 5.69 Å². The lowest BCUT2D eigenvalue weighted by atomic mass is 10.2. The summed E-state index contributed by atoms with van der Waals surface area (Å²) in [6, 6.07) is 2.03. The number of hydrogen-bond donors (Lipinski definition) is 2. The maximum Gasteiger partial charge on any atom is 0.263 e. The van der Waals surface area contributed by atoms with Gasteiger partial charge in [-0.15, -0.1) is 0 Å². The summed E-state index contributed by atoms with van der Waals surface area (Å²) in [7, 11) is 0. The Balaban J connectivity index is 1.54. The van der Waals surface area contributed by atoms with Crippen molar-refractivity contribution in [3.8, 4) is 0 Å². The third kappa shape index (κ3) is 4.45. The summed E-state index contributed by atoms with van der Waals surface area (Å²) in [6.07, 6.45) is 4.74. The predicted molar refractivity (Wildman–Crippen MR) is 101 cm³/mol. The van der Waals surface area contributed by atoms with Gasteiger partial charge in [-0.2, -0.15) is 0 Å². The minimum Gasteiger partial charge on any atom is -0.362 e. The molecule has 0 bridgehead atoms. The quantitative estimate of drug-likeness (QED) is 0.788. The minimum atomic E-state index is -0.0759. The topological polar surface area (TPSA) is 83.0 Å². The van der Waals surface area contributed by atoms with Gasteiger partial charge >= 0.3 is 0 Å². The van der Waals surface area contributed by atoms with E-state index in [-0.39, 0.29) is 5.91 Å². The lowest BCUT2D eigenvalue weighted by Crippen LogP contribution is -2.26. The zero-order valence-electron chi connectivity index (χ0n) is 14.7. The molecule has 134 valence electrons. The van der Waals surface area contributed by atoms with E-state index in [0.29, 0.717) is 17.8 Å². The molecule has 0 atom stereocenters. The number of nitrogens with zero attached hydrogens (tertiary/aromatic N) is 4. The first-order valence-corrected chi connectivity index (χ1v) is 9.54. The molecule has 2 N–H and O–H groups in total. The molecule has 1 fully saturated rings. The van der Waals surface area contributed by atoms with Gasteiger partial charge in [-0.25, -0.2) is 15.0 Å². The molecule has 0 spiro atoms. The van der Waals surface area contributed by atoms with E-state index in [2.05, 4.69) is 30.5 Å². The largest absolute Gasteiger partial charge is 0.362 e. The van der Waals surface area contributed by atoms with Gasteiger partial charge in [0.2, 0.25) is 0 Å². The van der Waals surface area contributed by atoms with E-state index in [9.17, 15) is 4.79 Å². The number of aryl methyl sites for hydroxylation is 1. The summed E-state index contributed by atoms with van der Waals surface area (Å²) in [5.41, 5.74) is 1.71. The van der Waals surface area contributed by atoms with Crippen LogP contribution in [0.5, 0.6) is 0 Å². The molecule has 8 heteroatoms. The summed E-state index contributed by atoms with van der Waals surface area (Å²) in [5, 5.41) is 6.89. The average molecular weight is 360 g/mol. The van der Waals surface area contributed by atoms with Crippen molar-refractivity contribution in [2.24, 2.45) is 0 Å². The van der Waals surface area contributed by atoms with Crippen molar-refractivity contribution in [1.29, 1.82) is 0 Å². The molecule has 0 radical (unpaired) electrons. The Hall–Kier alpha value is -2.22. The highest BCUT2D eigenvalue weighted by molar-refractivity contribution is 7.17. The Morgan fingerprint density at radius 1 is 1.32 bits per heavy atom. The molecule has 0 aromatic carbocycles. The van der Waals surface area contributed by atoms with Crippen LogP contribution < -0.4 is 15.5 Å². The van der Waals surface area contributed by atoms with Crippen LogP contribution in [0.1, 0.15) is 40.8 Å². The molecule has 0 unspecified atom stereocenters. The van der Waals surface area contributed by atoms with Crippen molar-refractivity contribution in [2.75, 3.05) is 36.4 Å². The van der Waals surface area contributed by atoms with E-state index in [1.54, 1.807) is 6.33 Å². The summed E-state index contributed by atoms with van der Waals surface area (Å²) >= 11 is 1.39. The number of rotatable bonds is 7. The SMILES string of the molecule is CCNc1nc(C)c(C(=O)NCCc2cc(N3CCCC3)ncn2)s1. The van der Waals surface area contributed by atoms with Crippen LogP contribution in [0, 0.1) is 6.92 Å². The number of amides is 1. The second kappa shape index (κ2) is 8.24. The Bertz CT molecular complexity index is 726. The number of nitrogens with one attached hydrogen (secondary N) is 2. The van der Waals surface area contributed by atoms with Gasteiger partial charge in [0.25, 0.3) is 5.91 Å². The molecule has 7 nitrogen and oxygen atoms in total. The lowest BCUT2D eigenvalue weighted by molar-refractivity contribution is 0.0957. The summed E-state index contributed by atoms with van der Waals surface area (Å²) < 4.78 is 0. The maximum absolute atomic E-state index is 12.3. The number of carbonyl (C=O) groups excluding carboxylic acids is 1. The third-order valence-corrected chi connectivity index (χ3v) is 5.25. The molecule has 1 saturated heterocycles. The van der Waals surface area contributed by atoms with Crippen LogP contribution in [-0.4, -0.2) is 47.0 Å². The molecular formula is C17H24N6OS. The van der Waals surface area contributed by atoms with Gasteiger partial charge in [0.1, 0.15) is 17.0 Å². The standard InChI is InChI=1S/C17H24N6OS/c1-3-18-17-22-12(2)15(25-17)16(24)19-7-6-13-10-14(21-11-20-13)23-8-4-5-9-23/h10-11H,3-9H2,1-2H3,(H,18,22)(H,19,24). The van der Waals surface area contributed by atoms with Crippen LogP contribution in [0.4, 0.5) is 10.9 Å². The van der Waals surface area contributed by atoms with E-state index < -0.39 is 0 Å². The molecule has 25 heavy (non-hydrogen) atoms. The van der Waals surface area contributed by atoms with Gasteiger partial charge in [-0.05, 0) is 26.7 Å². The van der Waals surface area contributed by atoms with Crippen LogP contribution in [-0.2, 0) is 6.42 Å². The lowest BCUT2D eigenvalue weighted by Gasteiger charge is -2.16. The zero-order chi connectivity index (χ0) is 17.6. The maximum atomic E-state index is 12.3. The van der Waals surface area contributed by atoms with Crippen molar-refractivity contribution >= 4 is 28.2 Å². The molecule has 2 aromatic heterocycles. The average Bonchev–Trinajstić information content (AvgIpc) is 3.25. The Labute approximate surface area is 151 Å². The normalized spacial score (nSPS) is 13.9. The van der Waals surface area contributed by atoms with Gasteiger partial charge in [-0.3, -0.25) is 4.79 Å². The Morgan fingerprint density at radius 3 is 2.88 bits per heavy atom. The highest BCUT2D eigenvalue weighted by Gasteiger charge is 2.16. The highest BCUT2D eigenvalue weighted by atomic mass is 32.1. The van der Waals surface area contributed by atoms with Gasteiger partial charge < -0.3 is 15.5 Å². The first-order valence-electron chi connectivity index (χ1n) is 8.72. The van der Waals surface area contributed by atoms with Gasteiger partial charge in [0, 0.05) is 44.4 Å². The predicted octanol–water partition coefficient (Wildman–Crippen LogP) is 2.25. The first kappa shape index (κ1) is 17.6. The smallest absolute Gasteiger partial charge is 0.263 e. The van der Waals surface area contributed by atoms with Crippen LogP contribution in [0.15, 0.2) is 12.4 Å². The third-order valence-electron chi connectivity index (χ3n) is 4.14. The van der Waals surface area contributed by atoms with Crippen molar-refractivity contribution < 1.29 is 4.79 Å². The van der Waals surface area contributed by atoms with Crippen molar-refractivity contribution in [2.45, 2.75) is 33.1 Å². The Morgan fingerprint density at radius 2 is 2.12 bits per heavy atom. The van der Waals surface area contributed by atoms with Crippen LogP contribution in [0.3, 0.4) is 0 Å². The van der Waals surface area contributed by atoms with Crippen LogP contribution in [0.25, 0.3) is 0 Å². The number of aromatic nitrogens is 3. The van der Waals surface area contributed by atoms with Crippen LogP contribution >= 0.6 is 11.3 Å². The highest BCUT2D eigenvalue weighted by Crippen LogP contribution is 2.22. The molecule has 1 aliphatic heterocycles. The van der Waals surface area contributed by atoms with Crippen molar-refractivity contribution in [3.63, 3.8) is 0 Å². The summed E-state index contributed by atoms with van der Waals surface area (Å²) in [5.74, 6) is 0.912. The number of carbonyl (C=O) groups is 1. The van der Waals surface area contributed by atoms with Crippen molar-refractivity contribution in [3.05, 3.63) is 28.7 Å². The first-order chi connectivity index (χ1) is 12.2. The molecule has 3 heterocycles. The fourth-order valence-electron chi connectivity index (χ4n) is 2.86. The number of anilines is 2.